The first-order chi connectivity index (χ1) is 8.49. The number of nitrogens with one attached hydrogen (secondary N) is 1. The zero-order valence-electron chi connectivity index (χ0n) is 9.59. The van der Waals surface area contributed by atoms with Crippen molar-refractivity contribution in [3.63, 3.8) is 0 Å². The van der Waals surface area contributed by atoms with E-state index in [1.807, 2.05) is 6.92 Å². The van der Waals surface area contributed by atoms with Crippen molar-refractivity contribution < 1.29 is 12.8 Å². The minimum absolute atomic E-state index is 0.156. The molecule has 1 aromatic carbocycles. The van der Waals surface area contributed by atoms with Crippen LogP contribution in [0.3, 0.4) is 0 Å². The van der Waals surface area contributed by atoms with Crippen LogP contribution in [0.1, 0.15) is 5.56 Å². The maximum absolute atomic E-state index is 13.4. The molecule has 0 fully saturated rings. The Morgan fingerprint density at radius 3 is 2.50 bits per heavy atom. The molecule has 0 unspecified atom stereocenters. The van der Waals surface area contributed by atoms with Crippen molar-refractivity contribution in [1.29, 1.82) is 0 Å². The van der Waals surface area contributed by atoms with Gasteiger partial charge in [0.15, 0.2) is 0 Å². The fraction of sp³-hybridized carbons (Fsp3) is 0.0833. The van der Waals surface area contributed by atoms with Crippen LogP contribution in [-0.2, 0) is 10.0 Å². The van der Waals surface area contributed by atoms with Crippen molar-refractivity contribution >= 4 is 15.8 Å². The second-order valence-corrected chi connectivity index (χ2v) is 5.41. The monoisotopic (exact) mass is 266 g/mol. The van der Waals surface area contributed by atoms with Gasteiger partial charge in [0.1, 0.15) is 16.5 Å². The smallest absolute Gasteiger partial charge is 0.263 e. The number of hydrogen-bond acceptors (Lipinski definition) is 3. The topological polar surface area (TPSA) is 59.1 Å². The number of pyridine rings is 1. The minimum atomic E-state index is -3.94. The second-order valence-electron chi connectivity index (χ2n) is 3.76. The molecule has 18 heavy (non-hydrogen) atoms. The van der Waals surface area contributed by atoms with Crippen molar-refractivity contribution in [2.45, 2.75) is 11.8 Å². The molecule has 0 saturated heterocycles. The molecule has 0 aliphatic carbocycles. The molecule has 2 aromatic rings. The number of aromatic nitrogens is 1. The minimum Gasteiger partial charge on any atom is -0.263 e. The van der Waals surface area contributed by atoms with Crippen LogP contribution in [0.5, 0.6) is 0 Å². The van der Waals surface area contributed by atoms with Gasteiger partial charge in [-0.1, -0.05) is 18.2 Å². The zero-order chi connectivity index (χ0) is 13.2. The van der Waals surface area contributed by atoms with Crippen LogP contribution in [0, 0.1) is 12.7 Å². The summed E-state index contributed by atoms with van der Waals surface area (Å²) in [7, 11) is -3.94. The highest BCUT2D eigenvalue weighted by Crippen LogP contribution is 2.17. The molecule has 0 amide bonds. The Balaban J connectivity index is 2.33. The summed E-state index contributed by atoms with van der Waals surface area (Å²) in [6.07, 6.45) is 1.53. The number of nitrogens with zero attached hydrogens (tertiary/aromatic N) is 1. The largest absolute Gasteiger partial charge is 0.265 e. The van der Waals surface area contributed by atoms with Crippen molar-refractivity contribution in [3.8, 4) is 0 Å². The normalized spacial score (nSPS) is 11.2. The first kappa shape index (κ1) is 12.5. The molecular weight excluding hydrogens is 255 g/mol. The molecular formula is C12H11FN2O2S. The number of anilines is 1. The maximum atomic E-state index is 13.4. The number of rotatable bonds is 3. The molecule has 0 radical (unpaired) electrons. The fourth-order valence-electron chi connectivity index (χ4n) is 1.38. The Labute approximate surface area is 105 Å². The van der Waals surface area contributed by atoms with Crippen LogP contribution in [-0.4, -0.2) is 13.4 Å². The molecule has 6 heteroatoms. The summed E-state index contributed by atoms with van der Waals surface area (Å²) in [5.41, 5.74) is 0.906. The third-order valence-electron chi connectivity index (χ3n) is 2.28. The highest BCUT2D eigenvalue weighted by molar-refractivity contribution is 7.92. The first-order valence-corrected chi connectivity index (χ1v) is 6.67. The molecule has 1 heterocycles. The van der Waals surface area contributed by atoms with E-state index in [9.17, 15) is 12.8 Å². The number of hydrogen-bond donors (Lipinski definition) is 1. The molecule has 0 atom stereocenters. The number of benzene rings is 1. The van der Waals surface area contributed by atoms with Crippen LogP contribution in [0.25, 0.3) is 0 Å². The van der Waals surface area contributed by atoms with Gasteiger partial charge in [0, 0.05) is 6.20 Å². The van der Waals surface area contributed by atoms with Crippen LogP contribution in [0.4, 0.5) is 10.2 Å². The average Bonchev–Trinajstić information content (AvgIpc) is 2.32. The highest BCUT2D eigenvalue weighted by atomic mass is 32.2. The van der Waals surface area contributed by atoms with Crippen molar-refractivity contribution in [2.75, 3.05) is 4.72 Å². The molecule has 0 aliphatic rings. The van der Waals surface area contributed by atoms with E-state index in [2.05, 4.69) is 9.71 Å². The summed E-state index contributed by atoms with van der Waals surface area (Å²) < 4.78 is 39.5. The predicted molar refractivity (Wildman–Crippen MR) is 66.2 cm³/mol. The summed E-state index contributed by atoms with van der Waals surface area (Å²) in [6, 6.07) is 8.42. The van der Waals surface area contributed by atoms with Crippen LogP contribution in [0.2, 0.25) is 0 Å². The van der Waals surface area contributed by atoms with E-state index < -0.39 is 20.7 Å². The Kier molecular flexibility index (Phi) is 3.29. The molecule has 4 nitrogen and oxygen atoms in total. The van der Waals surface area contributed by atoms with Gasteiger partial charge in [0.25, 0.3) is 10.0 Å². The van der Waals surface area contributed by atoms with Gasteiger partial charge in [0.2, 0.25) is 0 Å². The average molecular weight is 266 g/mol. The summed E-state index contributed by atoms with van der Waals surface area (Å²) >= 11 is 0. The lowest BCUT2D eigenvalue weighted by molar-refractivity contribution is 0.570. The van der Waals surface area contributed by atoms with Gasteiger partial charge in [-0.25, -0.2) is 17.8 Å². The van der Waals surface area contributed by atoms with Gasteiger partial charge in [-0.05, 0) is 30.7 Å². The molecule has 1 aromatic heterocycles. The van der Waals surface area contributed by atoms with E-state index >= 15 is 0 Å². The van der Waals surface area contributed by atoms with E-state index in [0.29, 0.717) is 0 Å². The molecule has 0 spiro atoms. The SMILES string of the molecule is Cc1ccc(NS(=O)(=O)c2ccccc2F)nc1. The van der Waals surface area contributed by atoms with Gasteiger partial charge < -0.3 is 0 Å². The number of aryl methyl sites for hydroxylation is 1. The van der Waals surface area contributed by atoms with Crippen LogP contribution in [0.15, 0.2) is 47.5 Å². The van der Waals surface area contributed by atoms with Crippen molar-refractivity contribution in [1.82, 2.24) is 4.98 Å². The van der Waals surface area contributed by atoms with Gasteiger partial charge in [-0.15, -0.1) is 0 Å². The van der Waals surface area contributed by atoms with Crippen LogP contribution < -0.4 is 4.72 Å². The molecule has 2 rings (SSSR count). The highest BCUT2D eigenvalue weighted by Gasteiger charge is 2.18. The Morgan fingerprint density at radius 1 is 1.17 bits per heavy atom. The van der Waals surface area contributed by atoms with Gasteiger partial charge in [-0.3, -0.25) is 4.72 Å². The summed E-state index contributed by atoms with van der Waals surface area (Å²) in [4.78, 5) is 3.51. The van der Waals surface area contributed by atoms with E-state index in [1.165, 1.54) is 30.5 Å². The standard InChI is InChI=1S/C12H11FN2O2S/c1-9-6-7-12(14-8-9)15-18(16,17)11-5-3-2-4-10(11)13/h2-8H,1H3,(H,14,15). The lowest BCUT2D eigenvalue weighted by atomic mass is 10.3. The lowest BCUT2D eigenvalue weighted by Gasteiger charge is -2.07. The quantitative estimate of drug-likeness (QED) is 0.927. The summed E-state index contributed by atoms with van der Waals surface area (Å²) in [5, 5.41) is 0. The van der Waals surface area contributed by atoms with Crippen molar-refractivity contribution in [3.05, 3.63) is 54.0 Å². The van der Waals surface area contributed by atoms with E-state index in [1.54, 1.807) is 6.07 Å². The van der Waals surface area contributed by atoms with E-state index in [0.717, 1.165) is 11.6 Å². The lowest BCUT2D eigenvalue weighted by Crippen LogP contribution is -2.15. The Morgan fingerprint density at radius 2 is 1.89 bits per heavy atom. The Bertz CT molecular complexity index is 654. The molecule has 1 N–H and O–H groups in total. The Hall–Kier alpha value is -1.95. The first-order valence-electron chi connectivity index (χ1n) is 5.19. The third kappa shape index (κ3) is 2.65. The number of sulfonamides is 1. The summed E-state index contributed by atoms with van der Waals surface area (Å²) in [5.74, 6) is -0.638. The second kappa shape index (κ2) is 4.73. The van der Waals surface area contributed by atoms with E-state index in [4.69, 9.17) is 0 Å². The predicted octanol–water partition coefficient (Wildman–Crippen LogP) is 2.33. The molecule has 94 valence electrons. The maximum Gasteiger partial charge on any atom is 0.265 e. The van der Waals surface area contributed by atoms with Crippen molar-refractivity contribution in [2.24, 2.45) is 0 Å². The summed E-state index contributed by atoms with van der Waals surface area (Å²) in [6.45, 7) is 1.84. The number of halogens is 1. The van der Waals surface area contributed by atoms with Gasteiger partial charge in [0.05, 0.1) is 0 Å². The zero-order valence-corrected chi connectivity index (χ0v) is 10.4. The van der Waals surface area contributed by atoms with E-state index in [-0.39, 0.29) is 5.82 Å². The fourth-order valence-corrected chi connectivity index (χ4v) is 2.47. The van der Waals surface area contributed by atoms with Gasteiger partial charge >= 0.3 is 0 Å². The molecule has 0 bridgehead atoms. The third-order valence-corrected chi connectivity index (χ3v) is 3.66. The van der Waals surface area contributed by atoms with Gasteiger partial charge in [-0.2, -0.15) is 0 Å². The van der Waals surface area contributed by atoms with Crippen LogP contribution >= 0.6 is 0 Å². The molecule has 0 saturated carbocycles. The molecule has 0 aliphatic heterocycles.